The van der Waals surface area contributed by atoms with Crippen molar-refractivity contribution in [2.24, 2.45) is 29.6 Å². The second-order valence-electron chi connectivity index (χ2n) is 11.6. The Morgan fingerprint density at radius 1 is 0.300 bits per heavy atom. The standard InChI is InChI=1S/C29H60.CH4/c1-25(2)17-11-9-8-10-12-19-27(5)20-13-14-21-28(6)23-16-24-29(7)22-15-18-26(3)4;/h25-29H,8-24H2,1-7H3;1H4. The lowest BCUT2D eigenvalue weighted by molar-refractivity contribution is 0.377. The summed E-state index contributed by atoms with van der Waals surface area (Å²) in [7, 11) is 0. The van der Waals surface area contributed by atoms with Gasteiger partial charge in [0.2, 0.25) is 0 Å². The molecule has 0 rings (SSSR count). The first kappa shape index (κ1) is 32.2. The van der Waals surface area contributed by atoms with Gasteiger partial charge in [-0.15, -0.1) is 0 Å². The third-order valence-corrected chi connectivity index (χ3v) is 6.99. The van der Waals surface area contributed by atoms with E-state index in [1.165, 1.54) is 109 Å². The maximum Gasteiger partial charge on any atom is -0.0443 e. The van der Waals surface area contributed by atoms with Crippen LogP contribution in [0.3, 0.4) is 0 Å². The fourth-order valence-electron chi connectivity index (χ4n) is 4.68. The van der Waals surface area contributed by atoms with Crippen molar-refractivity contribution in [3.8, 4) is 0 Å². The lowest BCUT2D eigenvalue weighted by atomic mass is 9.91. The molecule has 0 heteroatoms. The Labute approximate surface area is 194 Å². The third-order valence-electron chi connectivity index (χ3n) is 6.99. The fourth-order valence-corrected chi connectivity index (χ4v) is 4.68. The summed E-state index contributed by atoms with van der Waals surface area (Å²) in [6.45, 7) is 16.8. The molecule has 0 nitrogen and oxygen atoms in total. The summed E-state index contributed by atoms with van der Waals surface area (Å²) in [5.74, 6) is 4.61. The molecule has 0 fully saturated rings. The molecule has 0 aromatic heterocycles. The van der Waals surface area contributed by atoms with Gasteiger partial charge in [-0.1, -0.05) is 165 Å². The van der Waals surface area contributed by atoms with E-state index in [9.17, 15) is 0 Å². The summed E-state index contributed by atoms with van der Waals surface area (Å²) in [5, 5.41) is 0. The van der Waals surface area contributed by atoms with E-state index in [0.29, 0.717) is 0 Å². The van der Waals surface area contributed by atoms with Gasteiger partial charge in [0.15, 0.2) is 0 Å². The maximum absolute atomic E-state index is 2.49. The summed E-state index contributed by atoms with van der Waals surface area (Å²) in [5.41, 5.74) is 0. The quantitative estimate of drug-likeness (QED) is 0.161. The average molecular weight is 425 g/mol. The molecule has 3 unspecified atom stereocenters. The molecule has 30 heavy (non-hydrogen) atoms. The van der Waals surface area contributed by atoms with Gasteiger partial charge in [0.25, 0.3) is 0 Å². The normalized spacial score (nSPS) is 14.7. The molecule has 0 saturated carbocycles. The Bertz CT molecular complexity index is 316. The Balaban J connectivity index is 0. The van der Waals surface area contributed by atoms with Crippen LogP contribution >= 0.6 is 0 Å². The summed E-state index contributed by atoms with van der Waals surface area (Å²) < 4.78 is 0. The zero-order chi connectivity index (χ0) is 21.9. The molecule has 184 valence electrons. The predicted molar refractivity (Wildman–Crippen MR) is 142 cm³/mol. The van der Waals surface area contributed by atoms with Crippen molar-refractivity contribution < 1.29 is 0 Å². The van der Waals surface area contributed by atoms with Crippen LogP contribution in [-0.4, -0.2) is 0 Å². The second-order valence-corrected chi connectivity index (χ2v) is 11.6. The molecule has 0 amide bonds. The van der Waals surface area contributed by atoms with Gasteiger partial charge in [-0.25, -0.2) is 0 Å². The van der Waals surface area contributed by atoms with E-state index < -0.39 is 0 Å². The van der Waals surface area contributed by atoms with Crippen LogP contribution in [0.2, 0.25) is 0 Å². The monoisotopic (exact) mass is 425 g/mol. The maximum atomic E-state index is 2.49. The Hall–Kier alpha value is 0. The van der Waals surface area contributed by atoms with Crippen LogP contribution in [0.1, 0.15) is 165 Å². The van der Waals surface area contributed by atoms with E-state index in [1.807, 2.05) is 0 Å². The lowest BCUT2D eigenvalue weighted by Crippen LogP contribution is -2.01. The topological polar surface area (TPSA) is 0 Å². The van der Waals surface area contributed by atoms with Crippen LogP contribution in [0.15, 0.2) is 0 Å². The van der Waals surface area contributed by atoms with E-state index in [0.717, 1.165) is 29.6 Å². The van der Waals surface area contributed by atoms with Crippen molar-refractivity contribution in [1.82, 2.24) is 0 Å². The highest BCUT2D eigenvalue weighted by atomic mass is 14.1. The molecule has 0 aromatic rings. The van der Waals surface area contributed by atoms with E-state index in [-0.39, 0.29) is 7.43 Å². The highest BCUT2D eigenvalue weighted by Crippen LogP contribution is 2.23. The minimum atomic E-state index is 0. The SMILES string of the molecule is C.CC(C)CCCCCCCC(C)CCCCC(C)CCCC(C)CCCC(C)C. The first-order valence-electron chi connectivity index (χ1n) is 13.8. The highest BCUT2D eigenvalue weighted by Gasteiger charge is 2.07. The second kappa shape index (κ2) is 22.2. The van der Waals surface area contributed by atoms with E-state index >= 15 is 0 Å². The predicted octanol–water partition coefficient (Wildman–Crippen LogP) is 11.5. The highest BCUT2D eigenvalue weighted by molar-refractivity contribution is 4.61. The molecule has 0 aliphatic rings. The molecular weight excluding hydrogens is 360 g/mol. The van der Waals surface area contributed by atoms with Crippen molar-refractivity contribution in [2.45, 2.75) is 165 Å². The Kier molecular flexibility index (Phi) is 23.8. The first-order chi connectivity index (χ1) is 13.8. The van der Waals surface area contributed by atoms with Crippen LogP contribution in [0.25, 0.3) is 0 Å². The van der Waals surface area contributed by atoms with E-state index in [4.69, 9.17) is 0 Å². The Morgan fingerprint density at radius 2 is 0.533 bits per heavy atom. The van der Waals surface area contributed by atoms with Crippen LogP contribution < -0.4 is 0 Å². The van der Waals surface area contributed by atoms with Crippen molar-refractivity contribution >= 4 is 0 Å². The average Bonchev–Trinajstić information content (AvgIpc) is 2.64. The van der Waals surface area contributed by atoms with Crippen LogP contribution in [0, 0.1) is 29.6 Å². The summed E-state index contributed by atoms with van der Waals surface area (Å²) >= 11 is 0. The van der Waals surface area contributed by atoms with E-state index in [2.05, 4.69) is 48.5 Å². The first-order valence-corrected chi connectivity index (χ1v) is 13.8. The lowest BCUT2D eigenvalue weighted by Gasteiger charge is -2.16. The van der Waals surface area contributed by atoms with Gasteiger partial charge < -0.3 is 0 Å². The third kappa shape index (κ3) is 24.3. The minimum Gasteiger partial charge on any atom is -0.0776 e. The molecule has 0 aliphatic carbocycles. The zero-order valence-electron chi connectivity index (χ0n) is 21.9. The summed E-state index contributed by atoms with van der Waals surface area (Å²) in [6, 6.07) is 0. The molecule has 3 atom stereocenters. The fraction of sp³-hybridized carbons (Fsp3) is 1.00. The van der Waals surface area contributed by atoms with Gasteiger partial charge in [0.05, 0.1) is 0 Å². The number of unbranched alkanes of at least 4 members (excludes halogenated alkanes) is 5. The molecule has 0 heterocycles. The van der Waals surface area contributed by atoms with E-state index in [1.54, 1.807) is 0 Å². The van der Waals surface area contributed by atoms with Crippen LogP contribution in [0.5, 0.6) is 0 Å². The molecule has 0 aliphatic heterocycles. The van der Waals surface area contributed by atoms with Crippen molar-refractivity contribution in [3.63, 3.8) is 0 Å². The number of hydrogen-bond acceptors (Lipinski definition) is 0. The van der Waals surface area contributed by atoms with Gasteiger partial charge in [-0.2, -0.15) is 0 Å². The molecule has 0 saturated heterocycles. The van der Waals surface area contributed by atoms with Gasteiger partial charge in [-0.3, -0.25) is 0 Å². The van der Waals surface area contributed by atoms with Gasteiger partial charge in [0.1, 0.15) is 0 Å². The molecular formula is C30H64. The number of rotatable bonds is 21. The van der Waals surface area contributed by atoms with Gasteiger partial charge in [0, 0.05) is 0 Å². The van der Waals surface area contributed by atoms with Crippen molar-refractivity contribution in [1.29, 1.82) is 0 Å². The summed E-state index contributed by atoms with van der Waals surface area (Å²) in [4.78, 5) is 0. The number of hydrogen-bond donors (Lipinski definition) is 0. The molecule has 0 spiro atoms. The smallest absolute Gasteiger partial charge is 0.0443 e. The Morgan fingerprint density at radius 3 is 0.933 bits per heavy atom. The van der Waals surface area contributed by atoms with Crippen molar-refractivity contribution in [3.05, 3.63) is 0 Å². The largest absolute Gasteiger partial charge is 0.0776 e. The van der Waals surface area contributed by atoms with Crippen molar-refractivity contribution in [2.75, 3.05) is 0 Å². The van der Waals surface area contributed by atoms with Crippen LogP contribution in [0.4, 0.5) is 0 Å². The van der Waals surface area contributed by atoms with Gasteiger partial charge >= 0.3 is 0 Å². The minimum absolute atomic E-state index is 0. The molecule has 0 N–H and O–H groups in total. The molecule has 0 radical (unpaired) electrons. The zero-order valence-corrected chi connectivity index (χ0v) is 21.9. The van der Waals surface area contributed by atoms with Gasteiger partial charge in [-0.05, 0) is 29.6 Å². The summed E-state index contributed by atoms with van der Waals surface area (Å²) in [6.07, 6.45) is 24.7. The van der Waals surface area contributed by atoms with Crippen LogP contribution in [-0.2, 0) is 0 Å². The molecule has 0 aromatic carbocycles. The molecule has 0 bridgehead atoms.